The number of nitrogens with one attached hydrogen (secondary N) is 1. The topological polar surface area (TPSA) is 84.4 Å². The summed E-state index contributed by atoms with van der Waals surface area (Å²) in [6, 6.07) is 1.25. The number of ether oxygens (including phenoxy) is 1. The molecule has 0 spiro atoms. The molecule has 1 aromatic heterocycles. The minimum Gasteiger partial charge on any atom is -0.375 e. The van der Waals surface area contributed by atoms with Crippen LogP contribution < -0.4 is 11.2 Å². The van der Waals surface area contributed by atoms with E-state index in [0.717, 1.165) is 6.42 Å². The van der Waals surface area contributed by atoms with Crippen molar-refractivity contribution in [1.29, 1.82) is 0 Å². The zero-order valence-electron chi connectivity index (χ0n) is 13.9. The van der Waals surface area contributed by atoms with Crippen molar-refractivity contribution >= 4 is 5.91 Å². The fourth-order valence-electron chi connectivity index (χ4n) is 3.70. The van der Waals surface area contributed by atoms with Crippen LogP contribution in [0.1, 0.15) is 38.5 Å². The van der Waals surface area contributed by atoms with Crippen LogP contribution in [0.3, 0.4) is 0 Å². The zero-order chi connectivity index (χ0) is 16.9. The highest BCUT2D eigenvalue weighted by Gasteiger charge is 2.27. The molecule has 0 unspecified atom stereocenters. The van der Waals surface area contributed by atoms with Crippen LogP contribution in [0, 0.1) is 5.92 Å². The van der Waals surface area contributed by atoms with Gasteiger partial charge in [0.25, 0.3) is 5.56 Å². The van der Waals surface area contributed by atoms with Gasteiger partial charge >= 0.3 is 5.69 Å². The van der Waals surface area contributed by atoms with E-state index in [2.05, 4.69) is 4.98 Å². The van der Waals surface area contributed by atoms with E-state index >= 15 is 0 Å². The van der Waals surface area contributed by atoms with Crippen LogP contribution in [-0.4, -0.2) is 46.2 Å². The molecule has 1 aliphatic heterocycles. The van der Waals surface area contributed by atoms with Crippen LogP contribution >= 0.6 is 0 Å². The molecule has 2 aliphatic rings. The lowest BCUT2D eigenvalue weighted by Gasteiger charge is -2.35. The third-order valence-corrected chi connectivity index (χ3v) is 5.01. The maximum absolute atomic E-state index is 12.5. The first-order valence-corrected chi connectivity index (χ1v) is 8.81. The van der Waals surface area contributed by atoms with Crippen molar-refractivity contribution in [2.75, 3.05) is 19.7 Å². The Bertz CT molecular complexity index is 675. The zero-order valence-corrected chi connectivity index (χ0v) is 13.9. The van der Waals surface area contributed by atoms with E-state index in [0.29, 0.717) is 25.6 Å². The van der Waals surface area contributed by atoms with Crippen molar-refractivity contribution in [3.8, 4) is 0 Å². The molecule has 1 aliphatic carbocycles. The molecule has 1 atom stereocenters. The number of hydrogen-bond donors (Lipinski definition) is 1. The first-order chi connectivity index (χ1) is 11.6. The predicted molar refractivity (Wildman–Crippen MR) is 88.8 cm³/mol. The summed E-state index contributed by atoms with van der Waals surface area (Å²) in [5.74, 6) is 0.599. The largest absolute Gasteiger partial charge is 0.375 e. The molecule has 1 saturated heterocycles. The van der Waals surface area contributed by atoms with Crippen molar-refractivity contribution in [3.63, 3.8) is 0 Å². The van der Waals surface area contributed by atoms with Crippen LogP contribution in [0.2, 0.25) is 0 Å². The third-order valence-electron chi connectivity index (χ3n) is 5.01. The fraction of sp³-hybridized carbons (Fsp3) is 0.706. The monoisotopic (exact) mass is 335 g/mol. The molecule has 132 valence electrons. The number of aromatic nitrogens is 2. The molecule has 2 heterocycles. The van der Waals surface area contributed by atoms with E-state index in [1.807, 2.05) is 0 Å². The Hall–Kier alpha value is -1.89. The molecule has 1 saturated carbocycles. The standard InChI is InChI=1S/C17H25N3O4/c21-15-6-7-20(17(23)18-15)12-16(22)19-8-9-24-14(11-19)10-13-4-2-1-3-5-13/h6-7,13-14H,1-5,8-12H2,(H,18,21,23)/t14-/m0/s1. The highest BCUT2D eigenvalue weighted by molar-refractivity contribution is 5.76. The predicted octanol–water partition coefficient (Wildman–Crippen LogP) is 0.734. The molecule has 0 aromatic carbocycles. The van der Waals surface area contributed by atoms with Crippen molar-refractivity contribution in [3.05, 3.63) is 33.1 Å². The van der Waals surface area contributed by atoms with E-state index in [1.54, 1.807) is 4.90 Å². The van der Waals surface area contributed by atoms with Crippen molar-refractivity contribution in [2.24, 2.45) is 5.92 Å². The van der Waals surface area contributed by atoms with Gasteiger partial charge in [-0.3, -0.25) is 19.1 Å². The lowest BCUT2D eigenvalue weighted by atomic mass is 9.85. The lowest BCUT2D eigenvalue weighted by molar-refractivity contribution is -0.140. The summed E-state index contributed by atoms with van der Waals surface area (Å²) in [6.07, 6.45) is 8.94. The van der Waals surface area contributed by atoms with Crippen molar-refractivity contribution in [2.45, 2.75) is 51.2 Å². The second-order valence-corrected chi connectivity index (χ2v) is 6.81. The quantitative estimate of drug-likeness (QED) is 0.879. The molecule has 2 fully saturated rings. The Morgan fingerprint density at radius 1 is 1.25 bits per heavy atom. The molecule has 0 radical (unpaired) electrons. The Balaban J connectivity index is 1.56. The number of hydrogen-bond acceptors (Lipinski definition) is 4. The van der Waals surface area contributed by atoms with E-state index in [1.165, 1.54) is 48.9 Å². The highest BCUT2D eigenvalue weighted by Crippen LogP contribution is 2.28. The van der Waals surface area contributed by atoms with E-state index in [9.17, 15) is 14.4 Å². The molecule has 7 heteroatoms. The Morgan fingerprint density at radius 2 is 2.04 bits per heavy atom. The summed E-state index contributed by atoms with van der Waals surface area (Å²) in [7, 11) is 0. The van der Waals surface area contributed by atoms with Crippen LogP contribution in [0.5, 0.6) is 0 Å². The number of nitrogens with zero attached hydrogens (tertiary/aromatic N) is 2. The average Bonchev–Trinajstić information content (AvgIpc) is 2.58. The van der Waals surface area contributed by atoms with Crippen LogP contribution in [0.4, 0.5) is 0 Å². The normalized spacial score (nSPS) is 22.5. The van der Waals surface area contributed by atoms with Gasteiger partial charge in [0.1, 0.15) is 6.54 Å². The van der Waals surface area contributed by atoms with Gasteiger partial charge in [0.2, 0.25) is 5.91 Å². The molecule has 1 amide bonds. The summed E-state index contributed by atoms with van der Waals surface area (Å²) in [4.78, 5) is 39.2. The molecule has 7 nitrogen and oxygen atoms in total. The van der Waals surface area contributed by atoms with Crippen LogP contribution in [0.25, 0.3) is 0 Å². The summed E-state index contributed by atoms with van der Waals surface area (Å²) in [6.45, 7) is 1.64. The highest BCUT2D eigenvalue weighted by atomic mass is 16.5. The van der Waals surface area contributed by atoms with Gasteiger partial charge in [0.15, 0.2) is 0 Å². The van der Waals surface area contributed by atoms with Gasteiger partial charge in [-0.25, -0.2) is 4.79 Å². The SMILES string of the molecule is O=C(Cn1ccc(=O)[nH]c1=O)N1CCO[C@@H](CC2CCCCC2)C1. The Morgan fingerprint density at radius 3 is 2.79 bits per heavy atom. The van der Waals surface area contributed by atoms with E-state index in [4.69, 9.17) is 4.74 Å². The molecule has 24 heavy (non-hydrogen) atoms. The van der Waals surface area contributed by atoms with Crippen LogP contribution in [0.15, 0.2) is 21.9 Å². The molecule has 0 bridgehead atoms. The fourth-order valence-corrected chi connectivity index (χ4v) is 3.70. The van der Waals surface area contributed by atoms with Crippen LogP contribution in [-0.2, 0) is 16.1 Å². The summed E-state index contributed by atoms with van der Waals surface area (Å²) >= 11 is 0. The number of H-pyrrole nitrogens is 1. The van der Waals surface area contributed by atoms with E-state index < -0.39 is 11.2 Å². The van der Waals surface area contributed by atoms with E-state index in [-0.39, 0.29) is 18.6 Å². The molecular formula is C17H25N3O4. The smallest absolute Gasteiger partial charge is 0.328 e. The maximum atomic E-state index is 12.5. The molecular weight excluding hydrogens is 310 g/mol. The van der Waals surface area contributed by atoms with Gasteiger partial charge in [0.05, 0.1) is 12.7 Å². The van der Waals surface area contributed by atoms with Gasteiger partial charge in [0, 0.05) is 25.4 Å². The van der Waals surface area contributed by atoms with Gasteiger partial charge < -0.3 is 9.64 Å². The summed E-state index contributed by atoms with van der Waals surface area (Å²) in [5.41, 5.74) is -1.01. The first kappa shape index (κ1) is 17.0. The number of morpholine rings is 1. The van der Waals surface area contributed by atoms with Gasteiger partial charge in [-0.2, -0.15) is 0 Å². The van der Waals surface area contributed by atoms with Gasteiger partial charge in [-0.15, -0.1) is 0 Å². The molecule has 1 aromatic rings. The Kier molecular flexibility index (Phi) is 5.50. The van der Waals surface area contributed by atoms with Crippen molar-refractivity contribution < 1.29 is 9.53 Å². The first-order valence-electron chi connectivity index (χ1n) is 8.81. The second kappa shape index (κ2) is 7.79. The minimum atomic E-state index is -0.553. The number of rotatable bonds is 4. The number of carbonyl (C=O) groups excluding carboxylic acids is 1. The van der Waals surface area contributed by atoms with Crippen molar-refractivity contribution in [1.82, 2.24) is 14.5 Å². The second-order valence-electron chi connectivity index (χ2n) is 6.81. The lowest BCUT2D eigenvalue weighted by Crippen LogP contribution is -2.48. The van der Waals surface area contributed by atoms with Gasteiger partial charge in [-0.1, -0.05) is 32.1 Å². The van der Waals surface area contributed by atoms with Gasteiger partial charge in [-0.05, 0) is 12.3 Å². The number of carbonyl (C=O) groups is 1. The maximum Gasteiger partial charge on any atom is 0.328 e. The molecule has 1 N–H and O–H groups in total. The Labute approximate surface area is 140 Å². The number of amides is 1. The summed E-state index contributed by atoms with van der Waals surface area (Å²) < 4.78 is 7.07. The summed E-state index contributed by atoms with van der Waals surface area (Å²) in [5, 5.41) is 0. The minimum absolute atomic E-state index is 0.0498. The average molecular weight is 335 g/mol. The third kappa shape index (κ3) is 4.35. The molecule has 3 rings (SSSR count). The number of aromatic amines is 1.